The third-order valence-electron chi connectivity index (χ3n) is 4.08. The minimum atomic E-state index is -0.673. The second-order valence-electron chi connectivity index (χ2n) is 6.54. The Labute approximate surface area is 166 Å². The predicted molar refractivity (Wildman–Crippen MR) is 105 cm³/mol. The van der Waals surface area contributed by atoms with Crippen molar-refractivity contribution in [2.75, 3.05) is 25.5 Å². The molecule has 0 atom stereocenters. The van der Waals surface area contributed by atoms with E-state index in [0.717, 1.165) is 18.4 Å². The molecule has 0 spiro atoms. The van der Waals surface area contributed by atoms with E-state index < -0.39 is 18.5 Å². The van der Waals surface area contributed by atoms with Crippen LogP contribution < -0.4 is 10.6 Å². The summed E-state index contributed by atoms with van der Waals surface area (Å²) < 4.78 is 5.02. The van der Waals surface area contributed by atoms with Gasteiger partial charge < -0.3 is 20.3 Å². The van der Waals surface area contributed by atoms with E-state index in [2.05, 4.69) is 15.6 Å². The zero-order valence-electron chi connectivity index (χ0n) is 15.5. The second kappa shape index (κ2) is 9.32. The summed E-state index contributed by atoms with van der Waals surface area (Å²) in [7, 11) is 1.50. The fourth-order valence-electron chi connectivity index (χ4n) is 2.34. The van der Waals surface area contributed by atoms with Gasteiger partial charge in [-0.15, -0.1) is 11.3 Å². The lowest BCUT2D eigenvalue weighted by atomic mass is 10.2. The Morgan fingerprint density at radius 3 is 2.71 bits per heavy atom. The number of esters is 1. The molecule has 8 nitrogen and oxygen atoms in total. The molecule has 0 radical (unpaired) electrons. The molecule has 28 heavy (non-hydrogen) atoms. The van der Waals surface area contributed by atoms with E-state index >= 15 is 0 Å². The van der Waals surface area contributed by atoms with Gasteiger partial charge >= 0.3 is 5.97 Å². The molecule has 0 bridgehead atoms. The van der Waals surface area contributed by atoms with Crippen molar-refractivity contribution in [1.29, 1.82) is 0 Å². The van der Waals surface area contributed by atoms with Crippen LogP contribution in [0.2, 0.25) is 0 Å². The molecule has 2 aromatic rings. The van der Waals surface area contributed by atoms with Crippen LogP contribution in [0.5, 0.6) is 0 Å². The summed E-state index contributed by atoms with van der Waals surface area (Å²) >= 11 is 1.29. The molecule has 0 aliphatic heterocycles. The smallest absolute Gasteiger partial charge is 0.358 e. The number of benzene rings is 1. The van der Waals surface area contributed by atoms with Crippen LogP contribution in [-0.4, -0.2) is 53.9 Å². The molecule has 1 saturated carbocycles. The fourth-order valence-corrected chi connectivity index (χ4v) is 3.02. The van der Waals surface area contributed by atoms with Gasteiger partial charge in [-0.3, -0.25) is 9.59 Å². The molecule has 1 aromatic carbocycles. The van der Waals surface area contributed by atoms with Gasteiger partial charge in [0, 0.05) is 25.0 Å². The average Bonchev–Trinajstić information content (AvgIpc) is 3.37. The first-order chi connectivity index (χ1) is 13.5. The number of carbonyl (C=O) groups is 3. The van der Waals surface area contributed by atoms with Crippen LogP contribution in [0.1, 0.15) is 28.9 Å². The lowest BCUT2D eigenvalue weighted by Crippen LogP contribution is -2.40. The van der Waals surface area contributed by atoms with Gasteiger partial charge in [0.2, 0.25) is 5.91 Å². The number of nitrogens with zero attached hydrogens (tertiary/aromatic N) is 2. The zero-order valence-corrected chi connectivity index (χ0v) is 16.3. The number of rotatable bonds is 9. The second-order valence-corrected chi connectivity index (χ2v) is 7.40. The minimum Gasteiger partial charge on any atom is -0.451 e. The van der Waals surface area contributed by atoms with Crippen molar-refractivity contribution < 1.29 is 19.1 Å². The summed E-state index contributed by atoms with van der Waals surface area (Å²) in [6.07, 6.45) is 1.97. The van der Waals surface area contributed by atoms with Gasteiger partial charge in [0.1, 0.15) is 0 Å². The number of anilines is 1. The Balaban J connectivity index is 1.41. The van der Waals surface area contributed by atoms with E-state index in [1.54, 1.807) is 5.38 Å². The van der Waals surface area contributed by atoms with E-state index in [9.17, 15) is 14.4 Å². The molecule has 0 saturated heterocycles. The van der Waals surface area contributed by atoms with Crippen molar-refractivity contribution in [3.63, 3.8) is 0 Å². The van der Waals surface area contributed by atoms with Crippen molar-refractivity contribution >= 4 is 34.3 Å². The topological polar surface area (TPSA) is 101 Å². The summed E-state index contributed by atoms with van der Waals surface area (Å²) in [4.78, 5) is 41.2. The Morgan fingerprint density at radius 1 is 1.25 bits per heavy atom. The van der Waals surface area contributed by atoms with E-state index in [1.807, 2.05) is 30.3 Å². The SMILES string of the molecule is CN(CC(=O)NC1CC1)C(=O)COC(=O)c1csc(NCc2ccccc2)n1. The number of thiazole rings is 1. The highest BCUT2D eigenvalue weighted by Crippen LogP contribution is 2.18. The maximum atomic E-state index is 12.1. The van der Waals surface area contributed by atoms with Crippen LogP contribution in [0.3, 0.4) is 0 Å². The molecule has 1 aromatic heterocycles. The average molecular weight is 402 g/mol. The molecule has 2 N–H and O–H groups in total. The molecule has 0 unspecified atom stereocenters. The summed E-state index contributed by atoms with van der Waals surface area (Å²) in [5, 5.41) is 8.11. The van der Waals surface area contributed by atoms with E-state index in [1.165, 1.54) is 23.3 Å². The normalized spacial score (nSPS) is 12.9. The first kappa shape index (κ1) is 19.8. The summed E-state index contributed by atoms with van der Waals surface area (Å²) in [6, 6.07) is 10.1. The van der Waals surface area contributed by atoms with Crippen LogP contribution in [0.25, 0.3) is 0 Å². The summed E-state index contributed by atoms with van der Waals surface area (Å²) in [6.45, 7) is 0.0997. The largest absolute Gasteiger partial charge is 0.451 e. The maximum absolute atomic E-state index is 12.1. The molecule has 3 rings (SSSR count). The van der Waals surface area contributed by atoms with Gasteiger partial charge in [0.25, 0.3) is 5.91 Å². The first-order valence-electron chi connectivity index (χ1n) is 8.95. The quantitative estimate of drug-likeness (QED) is 0.619. The molecule has 1 aliphatic carbocycles. The van der Waals surface area contributed by atoms with Crippen molar-refractivity contribution in [1.82, 2.24) is 15.2 Å². The molecule has 1 aliphatic rings. The number of nitrogens with one attached hydrogen (secondary N) is 2. The number of ether oxygens (including phenoxy) is 1. The third kappa shape index (κ3) is 6.05. The minimum absolute atomic E-state index is 0.0584. The van der Waals surface area contributed by atoms with Gasteiger partial charge in [-0.1, -0.05) is 30.3 Å². The van der Waals surface area contributed by atoms with Crippen molar-refractivity contribution in [3.8, 4) is 0 Å². The van der Waals surface area contributed by atoms with Gasteiger partial charge in [-0.25, -0.2) is 9.78 Å². The summed E-state index contributed by atoms with van der Waals surface area (Å²) in [5.41, 5.74) is 1.24. The van der Waals surface area contributed by atoms with E-state index in [0.29, 0.717) is 11.7 Å². The predicted octanol–water partition coefficient (Wildman–Crippen LogP) is 1.65. The Bertz CT molecular complexity index is 835. The lowest BCUT2D eigenvalue weighted by Gasteiger charge is -2.16. The first-order valence-corrected chi connectivity index (χ1v) is 9.83. The van der Waals surface area contributed by atoms with Crippen LogP contribution in [0.15, 0.2) is 35.7 Å². The van der Waals surface area contributed by atoms with Gasteiger partial charge in [0.15, 0.2) is 17.4 Å². The van der Waals surface area contributed by atoms with Crippen molar-refractivity contribution in [2.45, 2.75) is 25.4 Å². The van der Waals surface area contributed by atoms with Crippen molar-refractivity contribution in [3.05, 3.63) is 47.0 Å². The van der Waals surface area contributed by atoms with E-state index in [-0.39, 0.29) is 24.2 Å². The number of likely N-dealkylation sites (N-methyl/N-ethyl adjacent to an activating group) is 1. The highest BCUT2D eigenvalue weighted by atomic mass is 32.1. The number of carbonyl (C=O) groups excluding carboxylic acids is 3. The number of amides is 2. The van der Waals surface area contributed by atoms with Gasteiger partial charge in [-0.2, -0.15) is 0 Å². The fraction of sp³-hybridized carbons (Fsp3) is 0.368. The number of hydrogen-bond acceptors (Lipinski definition) is 7. The Kier molecular flexibility index (Phi) is 6.59. The molecule has 1 heterocycles. The molecular formula is C19H22N4O4S. The van der Waals surface area contributed by atoms with Crippen LogP contribution in [0.4, 0.5) is 5.13 Å². The van der Waals surface area contributed by atoms with E-state index in [4.69, 9.17) is 4.74 Å². The highest BCUT2D eigenvalue weighted by molar-refractivity contribution is 7.13. The van der Waals surface area contributed by atoms with Gasteiger partial charge in [-0.05, 0) is 18.4 Å². The molecular weight excluding hydrogens is 380 g/mol. The maximum Gasteiger partial charge on any atom is 0.358 e. The molecule has 148 valence electrons. The lowest BCUT2D eigenvalue weighted by molar-refractivity contribution is -0.137. The Morgan fingerprint density at radius 2 is 2.00 bits per heavy atom. The number of hydrogen-bond donors (Lipinski definition) is 2. The molecule has 9 heteroatoms. The molecule has 1 fully saturated rings. The summed E-state index contributed by atoms with van der Waals surface area (Å²) in [5.74, 6) is -1.33. The standard InChI is InChI=1S/C19H22N4O4S/c1-23(10-16(24)21-14-7-8-14)17(25)11-27-18(26)15-12-28-19(22-15)20-9-13-5-3-2-4-6-13/h2-6,12,14H,7-11H2,1H3,(H,20,22)(H,21,24). The zero-order chi connectivity index (χ0) is 19.9. The highest BCUT2D eigenvalue weighted by Gasteiger charge is 2.24. The third-order valence-corrected chi connectivity index (χ3v) is 4.88. The van der Waals surface area contributed by atoms with Gasteiger partial charge in [0.05, 0.1) is 6.54 Å². The Hall–Kier alpha value is -2.94. The van der Waals surface area contributed by atoms with Crippen molar-refractivity contribution in [2.24, 2.45) is 0 Å². The monoisotopic (exact) mass is 402 g/mol. The number of aromatic nitrogens is 1. The van der Waals surface area contributed by atoms with Crippen LogP contribution >= 0.6 is 11.3 Å². The van der Waals surface area contributed by atoms with Crippen LogP contribution in [0, 0.1) is 0 Å². The van der Waals surface area contributed by atoms with Crippen LogP contribution in [-0.2, 0) is 20.9 Å². The molecule has 2 amide bonds.